The van der Waals surface area contributed by atoms with Crippen molar-refractivity contribution in [1.82, 2.24) is 39.6 Å². The highest BCUT2D eigenvalue weighted by molar-refractivity contribution is 5.69. The summed E-state index contributed by atoms with van der Waals surface area (Å²) in [7, 11) is 0. The lowest BCUT2D eigenvalue weighted by Gasteiger charge is -2.18. The topological polar surface area (TPSA) is 817 Å². The van der Waals surface area contributed by atoms with Crippen molar-refractivity contribution < 1.29 is 72.1 Å². The lowest BCUT2D eigenvalue weighted by Crippen LogP contribution is -2.51. The van der Waals surface area contributed by atoms with Crippen LogP contribution in [0.1, 0.15) is 0 Å². The summed E-state index contributed by atoms with van der Waals surface area (Å²) < 4.78 is 1.99. The number of rotatable bonds is 12. The number of hydrogen-bond acceptors (Lipinski definition) is 16. The maximum absolute atomic E-state index is 10.3. The molecule has 0 aliphatic heterocycles. The fourth-order valence-corrected chi connectivity index (χ4v) is 2.37. The standard InChI is InChI=1S/2C3HN11O6.4CH5N3.2H2O/c2*15-12(16)7-1-4-5-3-10(1)6-2(8-13(17)18)11(3)9-14(19)20;4*2-1(3)4;;/h2*6H;4*(H5,2,3,4);2*1H2/q2*-2;;;;;;/p+4. The second-order valence-corrected chi connectivity index (χ2v) is 7.77. The van der Waals surface area contributed by atoms with Gasteiger partial charge in [0.15, 0.2) is 10.9 Å². The third kappa shape index (κ3) is 22.3. The maximum atomic E-state index is 10.3. The molecular weight excluding hydrogens is 820 g/mol. The van der Waals surface area contributed by atoms with Crippen molar-refractivity contribution in [2.45, 2.75) is 0 Å². The number of nitro groups is 6. The van der Waals surface area contributed by atoms with Gasteiger partial charge in [-0.2, -0.15) is 10.2 Å². The molecule has 0 radical (unpaired) electrons. The average molecular weight is 851 g/mol. The molecule has 0 aromatic carbocycles. The number of aromatic amines is 2. The zero-order valence-electron chi connectivity index (χ0n) is 27.8. The van der Waals surface area contributed by atoms with Crippen LogP contribution in [0.5, 0.6) is 0 Å². The average Bonchev–Trinajstić information content (AvgIpc) is 3.71. The summed E-state index contributed by atoms with van der Waals surface area (Å²) in [6, 6.07) is 0. The van der Waals surface area contributed by atoms with Crippen molar-refractivity contribution >= 4 is 59.2 Å². The van der Waals surface area contributed by atoms with Crippen LogP contribution >= 0.6 is 0 Å². The smallest absolute Gasteiger partial charge is 0.390 e. The Morgan fingerprint density at radius 2 is 0.707 bits per heavy atom. The number of guanidine groups is 4. The Kier molecular flexibility index (Phi) is 23.7. The Morgan fingerprint density at radius 1 is 0.483 bits per heavy atom. The second kappa shape index (κ2) is 25.4. The maximum Gasteiger partial charge on any atom is 0.390 e. The molecule has 0 saturated carbocycles. The van der Waals surface area contributed by atoms with Crippen LogP contribution in [0, 0.1) is 60.7 Å². The third-order valence-corrected chi connectivity index (χ3v) is 3.48. The van der Waals surface area contributed by atoms with Gasteiger partial charge in [-0.15, -0.1) is 19.2 Å². The van der Waals surface area contributed by atoms with Crippen molar-refractivity contribution in [3.8, 4) is 0 Å². The van der Waals surface area contributed by atoms with E-state index in [-0.39, 0.29) is 34.8 Å². The normalized spacial score (nSPS) is 8.69. The van der Waals surface area contributed by atoms with E-state index in [0.29, 0.717) is 18.4 Å². The van der Waals surface area contributed by atoms with E-state index in [2.05, 4.69) is 131 Å². The van der Waals surface area contributed by atoms with Crippen LogP contribution in [0.25, 0.3) is 44.3 Å². The van der Waals surface area contributed by atoms with Gasteiger partial charge in [0, 0.05) is 0 Å². The van der Waals surface area contributed by atoms with Gasteiger partial charge in [-0.1, -0.05) is 0 Å². The van der Waals surface area contributed by atoms with Crippen LogP contribution in [0.4, 0.5) is 23.8 Å². The fraction of sp³-hybridized carbons (Fsp3) is 0. The molecule has 4 heterocycles. The molecule has 0 atom stereocenters. The minimum absolute atomic E-state index is 0. The van der Waals surface area contributed by atoms with E-state index in [1.54, 1.807) is 0 Å². The van der Waals surface area contributed by atoms with E-state index in [9.17, 15) is 60.7 Å². The van der Waals surface area contributed by atoms with Gasteiger partial charge in [0.25, 0.3) is 0 Å². The van der Waals surface area contributed by atoms with E-state index in [0.717, 1.165) is 0 Å². The molecule has 0 aliphatic rings. The highest BCUT2D eigenvalue weighted by atomic mass is 16.7. The molecule has 0 aliphatic carbocycles. The molecule has 0 amide bonds. The van der Waals surface area contributed by atoms with Crippen LogP contribution in [0.2, 0.25) is 0 Å². The SMILES string of the molecule is NC(N)=[NH2+].NC(N)=[NH2+].NC(N)=[NH2+].NC(N)=[NH2+].O.O.O=[N+]([O-])[N-]c1nnc2n1[nH]c([N-][N+](=O)[O-])[n+]2[N-][N+](=O)[O-].O=[N+]([O-])[N-]c1nnc2n1[nH]c([N-][N+](=O)[O-])[n+]2[N-][N+](=O)[O-]. The Balaban J connectivity index is -0.000000358. The molecular formula is C10H30N34O14. The first-order valence-corrected chi connectivity index (χ1v) is 12.2. The van der Waals surface area contributed by atoms with Gasteiger partial charge >= 0.3 is 47.3 Å². The van der Waals surface area contributed by atoms with Crippen molar-refractivity contribution in [1.29, 1.82) is 0 Å². The van der Waals surface area contributed by atoms with E-state index in [4.69, 9.17) is 0 Å². The van der Waals surface area contributed by atoms with Crippen LogP contribution in [0.3, 0.4) is 0 Å². The molecule has 48 nitrogen and oxygen atoms in total. The predicted octanol–water partition coefficient (Wildman–Crippen LogP) is -15.4. The summed E-state index contributed by atoms with van der Waals surface area (Å²) in [4.78, 5) is 61.7. The lowest BCUT2D eigenvalue weighted by molar-refractivity contribution is -0.714. The monoisotopic (exact) mass is 850 g/mol. The summed E-state index contributed by atoms with van der Waals surface area (Å²) in [5.74, 6) is -3.89. The summed E-state index contributed by atoms with van der Waals surface area (Å²) >= 11 is 0. The zero-order chi connectivity index (χ0) is 44.0. The second-order valence-electron chi connectivity index (χ2n) is 7.77. The molecule has 0 saturated heterocycles. The van der Waals surface area contributed by atoms with Crippen molar-refractivity contribution in [2.24, 2.45) is 45.9 Å². The highest BCUT2D eigenvalue weighted by Crippen LogP contribution is 2.20. The number of fused-ring (bicyclic) bond motifs is 2. The molecule has 4 aromatic heterocycles. The van der Waals surface area contributed by atoms with Gasteiger partial charge in [0.05, 0.1) is 0 Å². The van der Waals surface area contributed by atoms with Crippen molar-refractivity contribution in [2.75, 3.05) is 0 Å². The van der Waals surface area contributed by atoms with Gasteiger partial charge < -0.3 is 42.3 Å². The van der Waals surface area contributed by atoms with Gasteiger partial charge in [-0.3, -0.25) is 76.9 Å². The van der Waals surface area contributed by atoms with Gasteiger partial charge in [-0.05, 0) is 10.9 Å². The molecule has 0 fully saturated rings. The van der Waals surface area contributed by atoms with Crippen molar-refractivity contribution in [3.63, 3.8) is 0 Å². The number of nitrogens with one attached hydrogen (secondary N) is 2. The molecule has 0 spiro atoms. The van der Waals surface area contributed by atoms with E-state index in [1.807, 2.05) is 0 Å². The summed E-state index contributed by atoms with van der Waals surface area (Å²) in [6.45, 7) is 0. The van der Waals surface area contributed by atoms with Crippen LogP contribution in [-0.4, -0.2) is 105 Å². The zero-order valence-corrected chi connectivity index (χ0v) is 27.8. The Bertz CT molecular complexity index is 1870. The predicted molar refractivity (Wildman–Crippen MR) is 175 cm³/mol. The quantitative estimate of drug-likeness (QED) is 0.0207. The molecule has 48 heteroatoms. The van der Waals surface area contributed by atoms with Crippen LogP contribution in [0.15, 0.2) is 0 Å². The number of hydrogen-bond donors (Lipinski definition) is 14. The largest absolute Gasteiger partial charge is 0.445 e. The molecule has 4 rings (SSSR count). The summed E-state index contributed by atoms with van der Waals surface area (Å²) in [6.07, 6.45) is 0. The van der Waals surface area contributed by atoms with Crippen LogP contribution in [-0.2, 0) is 0 Å². The van der Waals surface area contributed by atoms with Crippen molar-refractivity contribution in [3.05, 3.63) is 93.5 Å². The number of aromatic nitrogens is 10. The van der Waals surface area contributed by atoms with E-state index >= 15 is 0 Å². The van der Waals surface area contributed by atoms with Gasteiger partial charge in [0.2, 0.25) is 22.0 Å². The Hall–Kier alpha value is -10.6. The minimum atomic E-state index is -1.17. The number of H-pyrrole nitrogens is 2. The minimum Gasteiger partial charge on any atom is -0.445 e. The molecule has 324 valence electrons. The summed E-state index contributed by atoms with van der Waals surface area (Å²) in [5, 5.41) is 90.5. The first kappa shape index (κ1) is 54.2. The van der Waals surface area contributed by atoms with Gasteiger partial charge in [0.1, 0.15) is 10.1 Å². The summed E-state index contributed by atoms with van der Waals surface area (Å²) in [5.41, 5.74) is 53.4. The molecule has 58 heavy (non-hydrogen) atoms. The number of nitrogens with two attached hydrogens (primary N) is 12. The molecule has 0 bridgehead atoms. The van der Waals surface area contributed by atoms with E-state index < -0.39 is 65.5 Å². The lowest BCUT2D eigenvalue weighted by atomic mass is 11.0. The van der Waals surface area contributed by atoms with Gasteiger partial charge in [-0.25, -0.2) is 60.7 Å². The third-order valence-electron chi connectivity index (χ3n) is 3.48. The Morgan fingerprint density at radius 3 is 0.897 bits per heavy atom. The highest BCUT2D eigenvalue weighted by Gasteiger charge is 2.24. The number of nitrogens with zero attached hydrogens (tertiary/aromatic N) is 20. The van der Waals surface area contributed by atoms with E-state index in [1.165, 1.54) is 0 Å². The Labute approximate surface area is 311 Å². The van der Waals surface area contributed by atoms with Crippen LogP contribution < -0.4 is 76.9 Å². The molecule has 4 aromatic rings. The molecule has 30 N–H and O–H groups in total. The first-order chi connectivity index (χ1) is 25.7. The molecule has 0 unspecified atom stereocenters. The fourth-order valence-electron chi connectivity index (χ4n) is 2.37. The first-order valence-electron chi connectivity index (χ1n) is 12.2.